The van der Waals surface area contributed by atoms with E-state index in [-0.39, 0.29) is 16.4 Å². The van der Waals surface area contributed by atoms with Gasteiger partial charge in [0, 0.05) is 6.04 Å². The van der Waals surface area contributed by atoms with Crippen molar-refractivity contribution in [2.45, 2.75) is 49.3 Å². The number of rotatable bonds is 3. The molecule has 1 saturated carbocycles. The van der Waals surface area contributed by atoms with Crippen LogP contribution in [0.5, 0.6) is 0 Å². The second-order valence-corrected chi connectivity index (χ2v) is 8.45. The van der Waals surface area contributed by atoms with Crippen molar-refractivity contribution in [3.05, 3.63) is 30.1 Å². The molecule has 3 nitrogen and oxygen atoms in total. The molecule has 2 unspecified atom stereocenters. The molecule has 1 fully saturated rings. The maximum absolute atomic E-state index is 13.9. The first kappa shape index (κ1) is 15.4. The van der Waals surface area contributed by atoms with Crippen LogP contribution in [0.2, 0.25) is 0 Å². The van der Waals surface area contributed by atoms with E-state index in [1.165, 1.54) is 18.2 Å². The van der Waals surface area contributed by atoms with E-state index in [9.17, 15) is 12.8 Å². The van der Waals surface area contributed by atoms with Gasteiger partial charge in [0.25, 0.3) is 0 Å². The number of hydrogen-bond donors (Lipinski definition) is 1. The summed E-state index contributed by atoms with van der Waals surface area (Å²) in [5.41, 5.74) is -0.0314. The zero-order chi connectivity index (χ0) is 15.0. The highest BCUT2D eigenvalue weighted by Crippen LogP contribution is 2.40. The first-order chi connectivity index (χ1) is 9.28. The molecule has 1 N–H and O–H groups in total. The predicted molar refractivity (Wildman–Crippen MR) is 77.9 cm³/mol. The molecule has 5 heteroatoms. The van der Waals surface area contributed by atoms with Gasteiger partial charge in [0.1, 0.15) is 10.7 Å². The zero-order valence-electron chi connectivity index (χ0n) is 12.2. The largest absolute Gasteiger partial charge is 0.316 e. The maximum Gasteiger partial charge on any atom is 0.185 e. The fraction of sp³-hybridized carbons (Fsp3) is 0.600. The van der Waals surface area contributed by atoms with Gasteiger partial charge in [-0.1, -0.05) is 26.0 Å². The van der Waals surface area contributed by atoms with Crippen LogP contribution in [0.3, 0.4) is 0 Å². The lowest BCUT2D eigenvalue weighted by atomic mass is 9.75. The van der Waals surface area contributed by atoms with Gasteiger partial charge in [-0.05, 0) is 43.9 Å². The highest BCUT2D eigenvalue weighted by Gasteiger charge is 2.42. The van der Waals surface area contributed by atoms with Gasteiger partial charge in [-0.25, -0.2) is 12.8 Å². The Kier molecular flexibility index (Phi) is 4.21. The van der Waals surface area contributed by atoms with Crippen molar-refractivity contribution in [3.8, 4) is 0 Å². The third-order valence-corrected chi connectivity index (χ3v) is 6.48. The topological polar surface area (TPSA) is 46.2 Å². The average Bonchev–Trinajstić information content (AvgIpc) is 2.38. The Morgan fingerprint density at radius 2 is 1.95 bits per heavy atom. The minimum Gasteiger partial charge on any atom is -0.316 e. The van der Waals surface area contributed by atoms with E-state index in [0.717, 1.165) is 12.8 Å². The van der Waals surface area contributed by atoms with Gasteiger partial charge in [-0.2, -0.15) is 0 Å². The molecule has 1 aromatic rings. The van der Waals surface area contributed by atoms with Crippen LogP contribution in [0.1, 0.15) is 33.1 Å². The first-order valence-electron chi connectivity index (χ1n) is 6.94. The molecular formula is C15H22FNO2S. The smallest absolute Gasteiger partial charge is 0.185 e. The van der Waals surface area contributed by atoms with Crippen molar-refractivity contribution < 1.29 is 12.8 Å². The minimum absolute atomic E-state index is 0.0314. The molecule has 20 heavy (non-hydrogen) atoms. The van der Waals surface area contributed by atoms with Crippen LogP contribution in [0.15, 0.2) is 29.2 Å². The van der Waals surface area contributed by atoms with Crippen molar-refractivity contribution in [3.63, 3.8) is 0 Å². The fourth-order valence-electron chi connectivity index (χ4n) is 3.02. The summed E-state index contributed by atoms with van der Waals surface area (Å²) < 4.78 is 39.4. The third kappa shape index (κ3) is 2.88. The van der Waals surface area contributed by atoms with Crippen LogP contribution in [-0.4, -0.2) is 26.8 Å². The van der Waals surface area contributed by atoms with Gasteiger partial charge < -0.3 is 5.32 Å². The van der Waals surface area contributed by atoms with Crippen LogP contribution in [-0.2, 0) is 9.84 Å². The molecular weight excluding hydrogens is 277 g/mol. The van der Waals surface area contributed by atoms with Gasteiger partial charge in [0.15, 0.2) is 9.84 Å². The quantitative estimate of drug-likeness (QED) is 0.933. The van der Waals surface area contributed by atoms with Crippen molar-refractivity contribution in [2.75, 3.05) is 7.05 Å². The third-order valence-electron chi connectivity index (χ3n) is 4.25. The van der Waals surface area contributed by atoms with Crippen molar-refractivity contribution in [1.82, 2.24) is 5.32 Å². The van der Waals surface area contributed by atoms with Crippen molar-refractivity contribution >= 4 is 9.84 Å². The number of halogens is 1. The zero-order valence-corrected chi connectivity index (χ0v) is 13.0. The molecule has 112 valence electrons. The summed E-state index contributed by atoms with van der Waals surface area (Å²) in [5.74, 6) is -0.661. The molecule has 0 aliphatic heterocycles. The summed E-state index contributed by atoms with van der Waals surface area (Å²) >= 11 is 0. The van der Waals surface area contributed by atoms with Gasteiger partial charge in [-0.3, -0.25) is 0 Å². The first-order valence-corrected chi connectivity index (χ1v) is 8.48. The van der Waals surface area contributed by atoms with Crippen LogP contribution >= 0.6 is 0 Å². The molecule has 0 radical (unpaired) electrons. The van der Waals surface area contributed by atoms with Gasteiger partial charge in [0.05, 0.1) is 5.25 Å². The molecule has 1 aromatic carbocycles. The van der Waals surface area contributed by atoms with E-state index >= 15 is 0 Å². The second kappa shape index (κ2) is 5.45. The summed E-state index contributed by atoms with van der Waals surface area (Å²) in [6, 6.07) is 5.52. The number of sulfone groups is 1. The average molecular weight is 299 g/mol. The predicted octanol–water partition coefficient (Wildman–Crippen LogP) is 2.77. The van der Waals surface area contributed by atoms with Gasteiger partial charge in [-0.15, -0.1) is 0 Å². The standard InChI is InChI=1S/C15H22FNO2S/c1-15(2)9-8-12(17-3)14(10-15)20(18,19)13-7-5-4-6-11(13)16/h4-7,12,14,17H,8-10H2,1-3H3. The maximum atomic E-state index is 13.9. The Labute approximate surface area is 120 Å². The monoisotopic (exact) mass is 299 g/mol. The summed E-state index contributed by atoms with van der Waals surface area (Å²) in [7, 11) is -1.89. The molecule has 2 rings (SSSR count). The van der Waals surface area contributed by atoms with E-state index in [1.807, 2.05) is 0 Å². The van der Waals surface area contributed by atoms with E-state index in [0.29, 0.717) is 6.42 Å². The van der Waals surface area contributed by atoms with E-state index in [1.54, 1.807) is 13.1 Å². The molecule has 2 atom stereocenters. The van der Waals surface area contributed by atoms with Crippen molar-refractivity contribution in [2.24, 2.45) is 5.41 Å². The van der Waals surface area contributed by atoms with Crippen molar-refractivity contribution in [1.29, 1.82) is 0 Å². The SMILES string of the molecule is CNC1CCC(C)(C)CC1S(=O)(=O)c1ccccc1F. The molecule has 1 aliphatic carbocycles. The summed E-state index contributed by atoms with van der Waals surface area (Å²) in [4.78, 5) is -0.178. The lowest BCUT2D eigenvalue weighted by Crippen LogP contribution is -2.48. The minimum atomic E-state index is -3.66. The molecule has 0 saturated heterocycles. The molecule has 0 aromatic heterocycles. The Bertz CT molecular complexity index is 583. The molecule has 0 amide bonds. The van der Waals surface area contributed by atoms with E-state index in [4.69, 9.17) is 0 Å². The normalized spacial score (nSPS) is 26.4. The van der Waals surface area contributed by atoms with Gasteiger partial charge in [0.2, 0.25) is 0 Å². The summed E-state index contributed by atoms with van der Waals surface area (Å²) in [6.07, 6.45) is 2.32. The van der Waals surface area contributed by atoms with Crippen LogP contribution in [0.4, 0.5) is 4.39 Å². The molecule has 0 bridgehead atoms. The number of benzene rings is 1. The van der Waals surface area contributed by atoms with Crippen LogP contribution in [0.25, 0.3) is 0 Å². The Morgan fingerprint density at radius 1 is 1.30 bits per heavy atom. The fourth-order valence-corrected chi connectivity index (χ4v) is 5.33. The summed E-state index contributed by atoms with van der Waals surface area (Å²) in [6.45, 7) is 4.14. The number of hydrogen-bond acceptors (Lipinski definition) is 3. The lowest BCUT2D eigenvalue weighted by Gasteiger charge is -2.40. The molecule has 0 spiro atoms. The molecule has 0 heterocycles. The molecule has 1 aliphatic rings. The highest BCUT2D eigenvalue weighted by molar-refractivity contribution is 7.92. The number of nitrogens with one attached hydrogen (secondary N) is 1. The second-order valence-electron chi connectivity index (χ2n) is 6.32. The Hall–Kier alpha value is -0.940. The Balaban J connectivity index is 2.43. The van der Waals surface area contributed by atoms with E-state index < -0.39 is 20.9 Å². The van der Waals surface area contributed by atoms with E-state index in [2.05, 4.69) is 19.2 Å². The van der Waals surface area contributed by atoms with Gasteiger partial charge >= 0.3 is 0 Å². The lowest BCUT2D eigenvalue weighted by molar-refractivity contribution is 0.213. The van der Waals surface area contributed by atoms with Crippen LogP contribution in [0, 0.1) is 11.2 Å². The summed E-state index contributed by atoms with van der Waals surface area (Å²) in [5, 5.41) is 2.51. The Morgan fingerprint density at radius 3 is 2.55 bits per heavy atom. The van der Waals surface area contributed by atoms with Crippen LogP contribution < -0.4 is 5.32 Å². The highest BCUT2D eigenvalue weighted by atomic mass is 32.2.